The van der Waals surface area contributed by atoms with Crippen LogP contribution in [0.1, 0.15) is 271 Å². The Balaban J connectivity index is 4.25. The Morgan fingerprint density at radius 2 is 0.721 bits per heavy atom. The average Bonchev–Trinajstić information content (AvgIpc) is 3.24. The number of ether oxygens (including phenoxy) is 2. The second-order valence-electron chi connectivity index (χ2n) is 17.9. The molecule has 0 amide bonds. The summed E-state index contributed by atoms with van der Waals surface area (Å²) < 4.78 is 11.9. The van der Waals surface area contributed by atoms with E-state index in [0.717, 1.165) is 161 Å². The summed E-state index contributed by atoms with van der Waals surface area (Å²) in [5.74, 6) is -0.803. The zero-order chi connectivity index (χ0) is 44.7. The molecule has 2 N–H and O–H groups in total. The van der Waals surface area contributed by atoms with Crippen molar-refractivity contribution in [3.63, 3.8) is 0 Å². The molecule has 0 radical (unpaired) electrons. The van der Waals surface area contributed by atoms with E-state index in [-0.39, 0.29) is 36.7 Å². The molecule has 0 saturated carbocycles. The first-order valence-electron chi connectivity index (χ1n) is 26.1. The van der Waals surface area contributed by atoms with Gasteiger partial charge in [0.1, 0.15) is 12.2 Å². The lowest BCUT2D eigenvalue weighted by atomic mass is 10.0. The van der Waals surface area contributed by atoms with Gasteiger partial charge in [-0.15, -0.1) is 0 Å². The zero-order valence-electron chi connectivity index (χ0n) is 40.2. The molecule has 0 rings (SSSR count). The molecule has 0 spiro atoms. The van der Waals surface area contributed by atoms with Gasteiger partial charge in [0.05, 0.1) is 6.10 Å². The van der Waals surface area contributed by atoms with Crippen LogP contribution in [0.25, 0.3) is 0 Å². The van der Waals surface area contributed by atoms with E-state index in [2.05, 4.69) is 57.2 Å². The highest BCUT2D eigenvalue weighted by Crippen LogP contribution is 2.18. The van der Waals surface area contributed by atoms with Crippen LogP contribution in [0.3, 0.4) is 0 Å². The van der Waals surface area contributed by atoms with E-state index in [4.69, 9.17) is 14.6 Å². The Morgan fingerprint density at radius 3 is 1.11 bits per heavy atom. The van der Waals surface area contributed by atoms with E-state index in [1.165, 1.54) is 70.6 Å². The SMILES string of the molecule is CCCCCCC(O)C/C=C\CCCCCCCC(=O)OC(C/C=C\CCCCCCCC(=O)OC(C/C=C\CCCCCCCC(=O)O)CCCCCC)CCCCCC. The molecule has 0 aliphatic rings. The lowest BCUT2D eigenvalue weighted by molar-refractivity contribution is -0.150. The Kier molecular flexibility index (Phi) is 45.2. The van der Waals surface area contributed by atoms with Crippen molar-refractivity contribution in [2.45, 2.75) is 289 Å². The molecule has 0 aromatic rings. The number of carbonyl (C=O) groups excluding carboxylic acids is 2. The number of aliphatic carboxylic acids is 1. The Morgan fingerprint density at radius 1 is 0.393 bits per heavy atom. The van der Waals surface area contributed by atoms with Crippen molar-refractivity contribution in [1.29, 1.82) is 0 Å². The molecule has 0 aromatic heterocycles. The number of aliphatic hydroxyl groups excluding tert-OH is 1. The summed E-state index contributed by atoms with van der Waals surface area (Å²) in [6.45, 7) is 6.65. The molecule has 356 valence electrons. The quantitative estimate of drug-likeness (QED) is 0.0356. The van der Waals surface area contributed by atoms with Gasteiger partial charge in [-0.1, -0.05) is 179 Å². The van der Waals surface area contributed by atoms with Crippen molar-refractivity contribution in [2.24, 2.45) is 0 Å². The summed E-state index contributed by atoms with van der Waals surface area (Å²) in [6, 6.07) is 0. The van der Waals surface area contributed by atoms with E-state index in [1.54, 1.807) is 0 Å². The Bertz CT molecular complexity index is 1070. The minimum Gasteiger partial charge on any atom is -0.481 e. The van der Waals surface area contributed by atoms with Crippen LogP contribution >= 0.6 is 0 Å². The molecule has 7 heteroatoms. The molecule has 0 aromatic carbocycles. The fourth-order valence-electron chi connectivity index (χ4n) is 7.76. The van der Waals surface area contributed by atoms with Gasteiger partial charge in [0.2, 0.25) is 0 Å². The minimum absolute atomic E-state index is 0.0202. The summed E-state index contributed by atoms with van der Waals surface area (Å²) >= 11 is 0. The number of carbonyl (C=O) groups is 3. The summed E-state index contributed by atoms with van der Waals surface area (Å²) in [5.41, 5.74) is 0. The molecule has 7 nitrogen and oxygen atoms in total. The predicted octanol–water partition coefficient (Wildman–Crippen LogP) is 16.2. The first-order valence-corrected chi connectivity index (χ1v) is 26.1. The molecule has 3 atom stereocenters. The maximum absolute atomic E-state index is 12.7. The normalized spacial score (nSPS) is 13.4. The van der Waals surface area contributed by atoms with Crippen molar-refractivity contribution in [2.75, 3.05) is 0 Å². The van der Waals surface area contributed by atoms with Gasteiger partial charge in [0.15, 0.2) is 0 Å². The number of esters is 2. The summed E-state index contributed by atoms with van der Waals surface area (Å²) in [4.78, 5) is 36.1. The average molecular weight is 859 g/mol. The van der Waals surface area contributed by atoms with Crippen LogP contribution in [0.15, 0.2) is 36.5 Å². The van der Waals surface area contributed by atoms with Gasteiger partial charge in [0.25, 0.3) is 0 Å². The Labute approximate surface area is 376 Å². The molecular formula is C54H98O7. The van der Waals surface area contributed by atoms with E-state index in [9.17, 15) is 19.5 Å². The van der Waals surface area contributed by atoms with Crippen LogP contribution in [0.5, 0.6) is 0 Å². The Hall–Kier alpha value is -2.41. The van der Waals surface area contributed by atoms with Crippen molar-refractivity contribution >= 4 is 17.9 Å². The molecular weight excluding hydrogens is 761 g/mol. The van der Waals surface area contributed by atoms with Gasteiger partial charge in [-0.05, 0) is 96.3 Å². The third-order valence-corrected chi connectivity index (χ3v) is 11.7. The number of hydrogen-bond donors (Lipinski definition) is 2. The molecule has 0 aliphatic heterocycles. The maximum atomic E-state index is 12.7. The van der Waals surface area contributed by atoms with Crippen LogP contribution in [0.4, 0.5) is 0 Å². The van der Waals surface area contributed by atoms with Crippen LogP contribution in [-0.4, -0.2) is 46.4 Å². The number of allylic oxidation sites excluding steroid dienone is 3. The van der Waals surface area contributed by atoms with Gasteiger partial charge >= 0.3 is 17.9 Å². The number of carboxylic acid groups (broad SMARTS) is 1. The van der Waals surface area contributed by atoms with Crippen LogP contribution in [0.2, 0.25) is 0 Å². The molecule has 0 saturated heterocycles. The lowest BCUT2D eigenvalue weighted by Crippen LogP contribution is -2.17. The van der Waals surface area contributed by atoms with Gasteiger partial charge in [0, 0.05) is 32.1 Å². The lowest BCUT2D eigenvalue weighted by Gasteiger charge is -2.17. The molecule has 0 fully saturated rings. The fraction of sp³-hybridized carbons (Fsp3) is 0.833. The monoisotopic (exact) mass is 859 g/mol. The van der Waals surface area contributed by atoms with Crippen molar-refractivity contribution in [3.8, 4) is 0 Å². The van der Waals surface area contributed by atoms with E-state index >= 15 is 0 Å². The standard InChI is InChI=1S/C54H98O7/c1-4-7-10-31-40-49(55)41-32-25-19-13-17-23-29-38-47-53(58)61-51(43-34-12-9-6-3)45-36-27-21-15-18-24-30-39-48-54(59)60-50(42-33-11-8-5-2)44-35-26-20-14-16-22-28-37-46-52(56)57/h25-27,32,35-36,49-51,55H,4-24,28-31,33-34,37-48H2,1-3H3,(H,56,57)/b32-25-,35-26-,36-27-. The second kappa shape index (κ2) is 47.1. The van der Waals surface area contributed by atoms with Crippen LogP contribution < -0.4 is 0 Å². The van der Waals surface area contributed by atoms with Crippen LogP contribution in [-0.2, 0) is 23.9 Å². The summed E-state index contributed by atoms with van der Waals surface area (Å²) in [5, 5.41) is 18.9. The highest BCUT2D eigenvalue weighted by atomic mass is 16.5. The van der Waals surface area contributed by atoms with Gasteiger partial charge < -0.3 is 19.7 Å². The van der Waals surface area contributed by atoms with Crippen LogP contribution in [0, 0.1) is 0 Å². The van der Waals surface area contributed by atoms with Crippen molar-refractivity contribution in [1.82, 2.24) is 0 Å². The zero-order valence-corrected chi connectivity index (χ0v) is 40.2. The third kappa shape index (κ3) is 45.4. The predicted molar refractivity (Wildman–Crippen MR) is 258 cm³/mol. The highest BCUT2D eigenvalue weighted by molar-refractivity contribution is 5.69. The van der Waals surface area contributed by atoms with E-state index in [1.807, 2.05) is 0 Å². The van der Waals surface area contributed by atoms with E-state index < -0.39 is 5.97 Å². The largest absolute Gasteiger partial charge is 0.481 e. The second-order valence-corrected chi connectivity index (χ2v) is 17.9. The topological polar surface area (TPSA) is 110 Å². The first-order chi connectivity index (χ1) is 29.8. The van der Waals surface area contributed by atoms with Gasteiger partial charge in [-0.25, -0.2) is 0 Å². The molecule has 3 unspecified atom stereocenters. The van der Waals surface area contributed by atoms with Gasteiger partial charge in [-0.3, -0.25) is 14.4 Å². The molecule has 61 heavy (non-hydrogen) atoms. The van der Waals surface area contributed by atoms with E-state index in [0.29, 0.717) is 12.8 Å². The number of rotatable bonds is 47. The first kappa shape index (κ1) is 58.6. The number of hydrogen-bond acceptors (Lipinski definition) is 6. The summed E-state index contributed by atoms with van der Waals surface area (Å²) in [7, 11) is 0. The molecule has 0 heterocycles. The number of aliphatic hydroxyl groups is 1. The summed E-state index contributed by atoms with van der Waals surface area (Å²) in [6.07, 6.45) is 52.8. The molecule has 0 bridgehead atoms. The fourth-order valence-corrected chi connectivity index (χ4v) is 7.76. The third-order valence-electron chi connectivity index (χ3n) is 11.7. The highest BCUT2D eigenvalue weighted by Gasteiger charge is 2.14. The molecule has 0 aliphatic carbocycles. The number of carboxylic acids is 1. The number of unbranched alkanes of at least 4 members (excludes halogenated alkanes) is 24. The van der Waals surface area contributed by atoms with Crippen molar-refractivity contribution < 1.29 is 34.1 Å². The van der Waals surface area contributed by atoms with Gasteiger partial charge in [-0.2, -0.15) is 0 Å². The maximum Gasteiger partial charge on any atom is 0.306 e. The minimum atomic E-state index is -0.705. The smallest absolute Gasteiger partial charge is 0.306 e. The van der Waals surface area contributed by atoms with Crippen molar-refractivity contribution in [3.05, 3.63) is 36.5 Å².